The van der Waals surface area contributed by atoms with Crippen LogP contribution in [0.15, 0.2) is 0 Å². The van der Waals surface area contributed by atoms with E-state index in [1.54, 1.807) is 20.8 Å². The second-order valence-corrected chi connectivity index (χ2v) is 8.87. The number of hydrogen-bond donors (Lipinski definition) is 1. The van der Waals surface area contributed by atoms with Crippen LogP contribution in [0.4, 0.5) is 0 Å². The van der Waals surface area contributed by atoms with Gasteiger partial charge in [0.05, 0.1) is 16.5 Å². The van der Waals surface area contributed by atoms with Crippen molar-refractivity contribution in [1.29, 1.82) is 0 Å². The van der Waals surface area contributed by atoms with Gasteiger partial charge in [-0.3, -0.25) is 4.79 Å². The summed E-state index contributed by atoms with van der Waals surface area (Å²) in [6.07, 6.45) is 4.28. The van der Waals surface area contributed by atoms with Crippen molar-refractivity contribution in [2.75, 3.05) is 12.3 Å². The van der Waals surface area contributed by atoms with Crippen LogP contribution in [0.2, 0.25) is 0 Å². The highest BCUT2D eigenvalue weighted by Gasteiger charge is 2.30. The van der Waals surface area contributed by atoms with Crippen molar-refractivity contribution in [2.24, 2.45) is 0 Å². The Bertz CT molecular complexity index is 374. The fraction of sp³-hybridized carbons (Fsp3) is 0.923. The number of rotatable bonds is 4. The van der Waals surface area contributed by atoms with Crippen LogP contribution in [0.3, 0.4) is 0 Å². The molecule has 1 fully saturated rings. The summed E-state index contributed by atoms with van der Waals surface area (Å²) in [5.74, 6) is 0.0118. The molecule has 0 aromatic heterocycles. The maximum absolute atomic E-state index is 12.0. The SMILES string of the molecule is CC(C)(C)S(=O)(=O)CCC(=O)C1CCCCCN1. The lowest BCUT2D eigenvalue weighted by molar-refractivity contribution is -0.120. The van der Waals surface area contributed by atoms with Crippen LogP contribution in [0, 0.1) is 0 Å². The fourth-order valence-corrected chi connectivity index (χ4v) is 3.10. The molecule has 0 aromatic rings. The van der Waals surface area contributed by atoms with E-state index >= 15 is 0 Å². The highest BCUT2D eigenvalue weighted by Crippen LogP contribution is 2.18. The second-order valence-electron chi connectivity index (χ2n) is 6.00. The van der Waals surface area contributed by atoms with Gasteiger partial charge in [0.1, 0.15) is 0 Å². The van der Waals surface area contributed by atoms with E-state index in [0.717, 1.165) is 32.2 Å². The first-order chi connectivity index (χ1) is 8.24. The van der Waals surface area contributed by atoms with Crippen molar-refractivity contribution < 1.29 is 13.2 Å². The molecule has 1 saturated heterocycles. The van der Waals surface area contributed by atoms with Gasteiger partial charge in [-0.1, -0.05) is 12.8 Å². The second kappa shape index (κ2) is 6.15. The molecule has 1 heterocycles. The predicted molar refractivity (Wildman–Crippen MR) is 73.4 cm³/mol. The zero-order valence-corrected chi connectivity index (χ0v) is 12.5. The highest BCUT2D eigenvalue weighted by molar-refractivity contribution is 7.92. The fourth-order valence-electron chi connectivity index (χ4n) is 2.02. The number of carbonyl (C=O) groups excluding carboxylic acids is 1. The predicted octanol–water partition coefficient (Wildman–Crippen LogP) is 1.69. The molecule has 0 spiro atoms. The first kappa shape index (κ1) is 15.6. The molecule has 0 saturated carbocycles. The van der Waals surface area contributed by atoms with Gasteiger partial charge in [0.2, 0.25) is 0 Å². The zero-order chi connectivity index (χ0) is 13.8. The first-order valence-corrected chi connectivity index (χ1v) is 8.38. The van der Waals surface area contributed by atoms with Crippen LogP contribution in [0.5, 0.6) is 0 Å². The van der Waals surface area contributed by atoms with Gasteiger partial charge in [0.25, 0.3) is 0 Å². The molecule has 5 heteroatoms. The number of hydrogen-bond acceptors (Lipinski definition) is 4. The standard InChI is InChI=1S/C13H25NO3S/c1-13(2,3)18(16,17)10-8-12(15)11-7-5-4-6-9-14-11/h11,14H,4-10H2,1-3H3. The molecule has 1 rings (SSSR count). The Hall–Kier alpha value is -0.420. The van der Waals surface area contributed by atoms with E-state index in [1.165, 1.54) is 0 Å². The van der Waals surface area contributed by atoms with Gasteiger partial charge in [-0.15, -0.1) is 0 Å². The minimum atomic E-state index is -3.19. The molecule has 1 aliphatic heterocycles. The van der Waals surface area contributed by atoms with Gasteiger partial charge in [-0.05, 0) is 40.2 Å². The molecule has 106 valence electrons. The number of ketones is 1. The molecule has 0 amide bonds. The van der Waals surface area contributed by atoms with Gasteiger partial charge in [0.15, 0.2) is 15.6 Å². The molecule has 0 radical (unpaired) electrons. The smallest absolute Gasteiger partial charge is 0.155 e. The Balaban J connectivity index is 2.50. The molecule has 1 aliphatic rings. The van der Waals surface area contributed by atoms with E-state index in [1.807, 2.05) is 0 Å². The lowest BCUT2D eigenvalue weighted by atomic mass is 10.1. The van der Waals surface area contributed by atoms with E-state index in [0.29, 0.717) is 0 Å². The molecule has 0 aromatic carbocycles. The van der Waals surface area contributed by atoms with Crippen molar-refractivity contribution in [3.8, 4) is 0 Å². The summed E-state index contributed by atoms with van der Waals surface area (Å²) in [4.78, 5) is 12.0. The van der Waals surface area contributed by atoms with Crippen molar-refractivity contribution >= 4 is 15.6 Å². The number of carbonyl (C=O) groups is 1. The summed E-state index contributed by atoms with van der Waals surface area (Å²) in [6, 6.07) is -0.136. The molecule has 18 heavy (non-hydrogen) atoms. The maximum Gasteiger partial charge on any atom is 0.155 e. The third-order valence-corrected chi connectivity index (χ3v) is 6.11. The van der Waals surface area contributed by atoms with Crippen LogP contribution in [0.1, 0.15) is 52.9 Å². The van der Waals surface area contributed by atoms with E-state index in [-0.39, 0.29) is 24.0 Å². The third kappa shape index (κ3) is 4.35. The maximum atomic E-state index is 12.0. The summed E-state index contributed by atoms with van der Waals surface area (Å²) in [7, 11) is -3.19. The van der Waals surface area contributed by atoms with Crippen molar-refractivity contribution in [3.63, 3.8) is 0 Å². The average Bonchev–Trinajstić information content (AvgIpc) is 2.52. The largest absolute Gasteiger partial charge is 0.307 e. The lowest BCUT2D eigenvalue weighted by Gasteiger charge is -2.20. The molecule has 0 bridgehead atoms. The van der Waals surface area contributed by atoms with Crippen LogP contribution in [0.25, 0.3) is 0 Å². The Morgan fingerprint density at radius 3 is 2.50 bits per heavy atom. The summed E-state index contributed by atoms with van der Waals surface area (Å²) >= 11 is 0. The molecule has 1 unspecified atom stereocenters. The van der Waals surface area contributed by atoms with Gasteiger partial charge >= 0.3 is 0 Å². The van der Waals surface area contributed by atoms with Gasteiger partial charge in [0, 0.05) is 6.42 Å². The van der Waals surface area contributed by atoms with Gasteiger partial charge in [-0.25, -0.2) is 8.42 Å². The highest BCUT2D eigenvalue weighted by atomic mass is 32.2. The van der Waals surface area contributed by atoms with Crippen LogP contribution < -0.4 is 5.32 Å². The Labute approximate surface area is 110 Å². The Morgan fingerprint density at radius 1 is 1.22 bits per heavy atom. The van der Waals surface area contributed by atoms with Gasteiger partial charge in [-0.2, -0.15) is 0 Å². The third-order valence-electron chi connectivity index (χ3n) is 3.50. The molecule has 1 atom stereocenters. The molecule has 4 nitrogen and oxygen atoms in total. The van der Waals surface area contributed by atoms with Gasteiger partial charge < -0.3 is 5.32 Å². The number of nitrogens with one attached hydrogen (secondary N) is 1. The van der Waals surface area contributed by atoms with Crippen molar-refractivity contribution in [3.05, 3.63) is 0 Å². The van der Waals surface area contributed by atoms with Crippen LogP contribution in [-0.2, 0) is 14.6 Å². The summed E-state index contributed by atoms with van der Waals surface area (Å²) in [6.45, 7) is 5.90. The van der Waals surface area contributed by atoms with E-state index in [9.17, 15) is 13.2 Å². The average molecular weight is 275 g/mol. The normalized spacial score (nSPS) is 22.5. The minimum Gasteiger partial charge on any atom is -0.307 e. The number of Topliss-reactive ketones (excluding diaryl/α,β-unsaturated/α-hetero) is 1. The Kier molecular flexibility index (Phi) is 5.34. The molecular formula is C13H25NO3S. The minimum absolute atomic E-state index is 0.0342. The molecular weight excluding hydrogens is 250 g/mol. The van der Waals surface area contributed by atoms with E-state index in [2.05, 4.69) is 5.32 Å². The Morgan fingerprint density at radius 2 is 1.89 bits per heavy atom. The van der Waals surface area contributed by atoms with Crippen LogP contribution >= 0.6 is 0 Å². The van der Waals surface area contributed by atoms with E-state index < -0.39 is 14.6 Å². The van der Waals surface area contributed by atoms with Crippen molar-refractivity contribution in [1.82, 2.24) is 5.32 Å². The first-order valence-electron chi connectivity index (χ1n) is 6.72. The lowest BCUT2D eigenvalue weighted by Crippen LogP contribution is -2.38. The van der Waals surface area contributed by atoms with Crippen LogP contribution in [-0.4, -0.2) is 37.3 Å². The topological polar surface area (TPSA) is 63.2 Å². The zero-order valence-electron chi connectivity index (χ0n) is 11.7. The van der Waals surface area contributed by atoms with E-state index in [4.69, 9.17) is 0 Å². The monoisotopic (exact) mass is 275 g/mol. The summed E-state index contributed by atoms with van der Waals surface area (Å²) in [5, 5.41) is 3.21. The number of sulfone groups is 1. The molecule has 0 aliphatic carbocycles. The quantitative estimate of drug-likeness (QED) is 0.848. The van der Waals surface area contributed by atoms with Crippen molar-refractivity contribution in [2.45, 2.75) is 63.7 Å². The molecule has 1 N–H and O–H groups in total. The summed E-state index contributed by atoms with van der Waals surface area (Å²) in [5.41, 5.74) is 0. The summed E-state index contributed by atoms with van der Waals surface area (Å²) < 4.78 is 23.1.